The summed E-state index contributed by atoms with van der Waals surface area (Å²) in [5.74, 6) is 0. The van der Waals surface area contributed by atoms with Gasteiger partial charge in [-0.15, -0.1) is 10.2 Å². The second-order valence-corrected chi connectivity index (χ2v) is 5.14. The fourth-order valence-corrected chi connectivity index (χ4v) is 2.68. The highest BCUT2D eigenvalue weighted by atomic mass is 19.4. The summed E-state index contributed by atoms with van der Waals surface area (Å²) in [6, 6.07) is 2.14. The average molecular weight is 310 g/mol. The first-order valence-corrected chi connectivity index (χ1v) is 6.77. The van der Waals surface area contributed by atoms with Gasteiger partial charge in [0, 0.05) is 7.05 Å². The maximum Gasteiger partial charge on any atom is 0.416 e. The Morgan fingerprint density at radius 2 is 2.00 bits per heavy atom. The number of nitrogens with zero attached hydrogens (tertiary/aromatic N) is 4. The molecule has 0 radical (unpaired) electrons. The SMILES string of the molecule is CCCc1cc(C(F)(F)F)cc2c1n(C)c(=O)c1nncn12. The van der Waals surface area contributed by atoms with Crippen LogP contribution in [0.15, 0.2) is 23.3 Å². The largest absolute Gasteiger partial charge is 0.416 e. The van der Waals surface area contributed by atoms with E-state index in [4.69, 9.17) is 0 Å². The molecule has 2 heterocycles. The minimum atomic E-state index is -4.45. The molecule has 0 unspecified atom stereocenters. The highest BCUT2D eigenvalue weighted by Crippen LogP contribution is 2.33. The number of hydrogen-bond donors (Lipinski definition) is 0. The number of alkyl halides is 3. The first-order chi connectivity index (χ1) is 10.3. The molecule has 8 heteroatoms. The van der Waals surface area contributed by atoms with Crippen LogP contribution in [0.2, 0.25) is 0 Å². The average Bonchev–Trinajstić information content (AvgIpc) is 2.93. The number of fused-ring (bicyclic) bond motifs is 3. The van der Waals surface area contributed by atoms with Gasteiger partial charge in [-0.1, -0.05) is 13.3 Å². The molecule has 5 nitrogen and oxygen atoms in total. The number of aryl methyl sites for hydroxylation is 2. The second-order valence-electron chi connectivity index (χ2n) is 5.14. The van der Waals surface area contributed by atoms with Crippen molar-refractivity contribution in [1.82, 2.24) is 19.2 Å². The van der Waals surface area contributed by atoms with Crippen molar-refractivity contribution in [2.75, 3.05) is 0 Å². The molecule has 0 fully saturated rings. The minimum absolute atomic E-state index is 0.0109. The van der Waals surface area contributed by atoms with Gasteiger partial charge in [0.1, 0.15) is 6.33 Å². The molecule has 0 aliphatic heterocycles. The number of benzene rings is 1. The van der Waals surface area contributed by atoms with Crippen LogP contribution in [0.3, 0.4) is 0 Å². The summed E-state index contributed by atoms with van der Waals surface area (Å²) in [5.41, 5.74) is 0.131. The third-order valence-corrected chi connectivity index (χ3v) is 3.65. The van der Waals surface area contributed by atoms with Crippen molar-refractivity contribution in [1.29, 1.82) is 0 Å². The first-order valence-electron chi connectivity index (χ1n) is 6.77. The lowest BCUT2D eigenvalue weighted by Gasteiger charge is -2.15. The maximum absolute atomic E-state index is 13.1. The molecule has 0 saturated carbocycles. The van der Waals surface area contributed by atoms with E-state index in [-0.39, 0.29) is 16.7 Å². The fourth-order valence-electron chi connectivity index (χ4n) is 2.68. The van der Waals surface area contributed by atoms with Crippen molar-refractivity contribution in [2.45, 2.75) is 25.9 Å². The molecule has 116 valence electrons. The van der Waals surface area contributed by atoms with Crippen molar-refractivity contribution in [3.8, 4) is 0 Å². The molecular weight excluding hydrogens is 297 g/mol. The molecule has 22 heavy (non-hydrogen) atoms. The van der Waals surface area contributed by atoms with Gasteiger partial charge in [-0.3, -0.25) is 9.20 Å². The Kier molecular flexibility index (Phi) is 3.19. The molecule has 0 amide bonds. The van der Waals surface area contributed by atoms with Crippen LogP contribution in [0.1, 0.15) is 24.5 Å². The van der Waals surface area contributed by atoms with E-state index in [0.29, 0.717) is 23.9 Å². The zero-order valence-electron chi connectivity index (χ0n) is 12.0. The van der Waals surface area contributed by atoms with Gasteiger partial charge < -0.3 is 4.57 Å². The van der Waals surface area contributed by atoms with Crippen LogP contribution < -0.4 is 5.56 Å². The van der Waals surface area contributed by atoms with E-state index in [0.717, 1.165) is 12.1 Å². The quantitative estimate of drug-likeness (QED) is 0.731. The molecule has 3 aromatic rings. The van der Waals surface area contributed by atoms with Crippen LogP contribution in [-0.4, -0.2) is 19.2 Å². The van der Waals surface area contributed by atoms with Crippen molar-refractivity contribution in [3.63, 3.8) is 0 Å². The number of hydrogen-bond acceptors (Lipinski definition) is 3. The Morgan fingerprint density at radius 3 is 2.64 bits per heavy atom. The summed E-state index contributed by atoms with van der Waals surface area (Å²) in [6.07, 6.45) is -2.08. The van der Waals surface area contributed by atoms with Crippen molar-refractivity contribution >= 4 is 16.7 Å². The van der Waals surface area contributed by atoms with Gasteiger partial charge in [-0.05, 0) is 24.1 Å². The zero-order chi connectivity index (χ0) is 16.1. The van der Waals surface area contributed by atoms with Crippen LogP contribution in [0.25, 0.3) is 16.7 Å². The molecule has 0 N–H and O–H groups in total. The van der Waals surface area contributed by atoms with Gasteiger partial charge in [0.15, 0.2) is 0 Å². The molecule has 2 aromatic heterocycles. The maximum atomic E-state index is 13.1. The van der Waals surface area contributed by atoms with E-state index < -0.39 is 11.7 Å². The standard InChI is InChI=1S/C14H13F3N4O/c1-3-4-8-5-9(14(15,16)17)6-10-11(8)20(2)13(22)12-19-18-7-21(10)12/h5-7H,3-4H2,1-2H3. The van der Waals surface area contributed by atoms with E-state index in [2.05, 4.69) is 10.2 Å². The normalized spacial score (nSPS) is 12.4. The highest BCUT2D eigenvalue weighted by Gasteiger charge is 2.32. The molecule has 1 aromatic carbocycles. The Labute approximate surface area is 123 Å². The van der Waals surface area contributed by atoms with Gasteiger partial charge in [-0.25, -0.2) is 0 Å². The van der Waals surface area contributed by atoms with Crippen molar-refractivity contribution < 1.29 is 13.2 Å². The molecular formula is C14H13F3N4O. The van der Waals surface area contributed by atoms with Gasteiger partial charge in [-0.2, -0.15) is 13.2 Å². The predicted octanol–water partition coefficient (Wildman–Crippen LogP) is 2.55. The number of halogens is 3. The van der Waals surface area contributed by atoms with Crippen molar-refractivity contribution in [3.05, 3.63) is 39.9 Å². The summed E-state index contributed by atoms with van der Waals surface area (Å²) >= 11 is 0. The molecule has 0 aliphatic rings. The summed E-state index contributed by atoms with van der Waals surface area (Å²) in [6.45, 7) is 1.88. The van der Waals surface area contributed by atoms with E-state index in [1.165, 1.54) is 22.3 Å². The van der Waals surface area contributed by atoms with Gasteiger partial charge in [0.05, 0.1) is 16.6 Å². The van der Waals surface area contributed by atoms with E-state index in [1.807, 2.05) is 6.92 Å². The monoisotopic (exact) mass is 310 g/mol. The number of rotatable bonds is 2. The molecule has 0 bridgehead atoms. The van der Waals surface area contributed by atoms with Crippen LogP contribution in [-0.2, 0) is 19.6 Å². The lowest BCUT2D eigenvalue weighted by Crippen LogP contribution is -2.22. The Hall–Kier alpha value is -2.38. The molecule has 0 aliphatic carbocycles. The second kappa shape index (κ2) is 4.82. The lowest BCUT2D eigenvalue weighted by atomic mass is 10.0. The zero-order valence-corrected chi connectivity index (χ0v) is 12.0. The van der Waals surface area contributed by atoms with E-state index in [9.17, 15) is 18.0 Å². The van der Waals surface area contributed by atoms with Crippen LogP contribution in [0, 0.1) is 0 Å². The van der Waals surface area contributed by atoms with E-state index >= 15 is 0 Å². The fraction of sp³-hybridized carbons (Fsp3) is 0.357. The van der Waals surface area contributed by atoms with Gasteiger partial charge in [0.25, 0.3) is 5.56 Å². The third-order valence-electron chi connectivity index (χ3n) is 3.65. The Morgan fingerprint density at radius 1 is 1.27 bits per heavy atom. The van der Waals surface area contributed by atoms with Crippen LogP contribution >= 0.6 is 0 Å². The van der Waals surface area contributed by atoms with Crippen LogP contribution in [0.5, 0.6) is 0 Å². The third kappa shape index (κ3) is 2.06. The molecule has 0 atom stereocenters. The van der Waals surface area contributed by atoms with Crippen LogP contribution in [0.4, 0.5) is 13.2 Å². The minimum Gasteiger partial charge on any atom is -0.306 e. The number of aromatic nitrogens is 4. The predicted molar refractivity (Wildman–Crippen MR) is 74.7 cm³/mol. The molecule has 0 spiro atoms. The van der Waals surface area contributed by atoms with E-state index in [1.54, 1.807) is 0 Å². The topological polar surface area (TPSA) is 52.2 Å². The summed E-state index contributed by atoms with van der Waals surface area (Å²) in [7, 11) is 1.53. The first kappa shape index (κ1) is 14.6. The van der Waals surface area contributed by atoms with Gasteiger partial charge in [0.2, 0.25) is 5.65 Å². The lowest BCUT2D eigenvalue weighted by molar-refractivity contribution is -0.137. The van der Waals surface area contributed by atoms with Gasteiger partial charge >= 0.3 is 6.18 Å². The summed E-state index contributed by atoms with van der Waals surface area (Å²) < 4.78 is 42.0. The Balaban J connectivity index is 2.54. The smallest absolute Gasteiger partial charge is 0.306 e. The molecule has 0 saturated heterocycles. The summed E-state index contributed by atoms with van der Waals surface area (Å²) in [4.78, 5) is 12.3. The highest BCUT2D eigenvalue weighted by molar-refractivity contribution is 5.82. The molecule has 3 rings (SSSR count). The summed E-state index contributed by atoms with van der Waals surface area (Å²) in [5, 5.41) is 7.33. The van der Waals surface area contributed by atoms with Crippen molar-refractivity contribution in [2.24, 2.45) is 7.05 Å². The Bertz CT molecular complexity index is 924.